The van der Waals surface area contributed by atoms with E-state index in [9.17, 15) is 14.4 Å². The minimum absolute atomic E-state index is 0.103. The molecule has 6 heteroatoms. The molecule has 0 atom stereocenters. The molecule has 2 N–H and O–H groups in total. The number of amides is 1. The van der Waals surface area contributed by atoms with E-state index in [1.165, 1.54) is 12.3 Å². The lowest BCUT2D eigenvalue weighted by atomic mass is 10.1. The first kappa shape index (κ1) is 14.2. The third-order valence-electron chi connectivity index (χ3n) is 2.82. The van der Waals surface area contributed by atoms with Crippen LogP contribution in [0.5, 0.6) is 0 Å². The van der Waals surface area contributed by atoms with Crippen LogP contribution in [-0.2, 0) is 0 Å². The Bertz CT molecular complexity index is 737. The van der Waals surface area contributed by atoms with Crippen molar-refractivity contribution in [2.24, 2.45) is 0 Å². The van der Waals surface area contributed by atoms with Gasteiger partial charge in [-0.3, -0.25) is 14.4 Å². The second kappa shape index (κ2) is 5.83. The molecule has 0 aliphatic rings. The average molecular weight is 335 g/mol. The lowest BCUT2D eigenvalue weighted by molar-refractivity contribution is 0.102. The molecule has 0 aliphatic carbocycles. The highest BCUT2D eigenvalue weighted by molar-refractivity contribution is 9.10. The van der Waals surface area contributed by atoms with Crippen LogP contribution < -0.4 is 10.9 Å². The first-order valence-corrected chi connectivity index (χ1v) is 6.56. The molecule has 0 fully saturated rings. The van der Waals surface area contributed by atoms with E-state index in [4.69, 9.17) is 0 Å². The summed E-state index contributed by atoms with van der Waals surface area (Å²) in [6, 6.07) is 6.62. The molecule has 0 spiro atoms. The Morgan fingerprint density at radius 1 is 1.40 bits per heavy atom. The van der Waals surface area contributed by atoms with Crippen molar-refractivity contribution in [2.45, 2.75) is 6.92 Å². The molecule has 2 aromatic rings. The number of halogens is 1. The Balaban J connectivity index is 2.35. The van der Waals surface area contributed by atoms with Crippen LogP contribution in [0.3, 0.4) is 0 Å². The average Bonchev–Trinajstić information content (AvgIpc) is 2.44. The normalized spacial score (nSPS) is 10.1. The largest absolute Gasteiger partial charge is 0.328 e. The van der Waals surface area contributed by atoms with Gasteiger partial charge in [-0.1, -0.05) is 22.0 Å². The minimum Gasteiger partial charge on any atom is -0.328 e. The van der Waals surface area contributed by atoms with Crippen LogP contribution in [0.1, 0.15) is 26.3 Å². The van der Waals surface area contributed by atoms with Crippen molar-refractivity contribution >= 4 is 33.8 Å². The number of nitrogens with one attached hydrogen (secondary N) is 2. The van der Waals surface area contributed by atoms with Crippen LogP contribution in [0.15, 0.2) is 39.7 Å². The van der Waals surface area contributed by atoms with E-state index in [0.29, 0.717) is 12.0 Å². The van der Waals surface area contributed by atoms with Crippen LogP contribution in [0.4, 0.5) is 5.69 Å². The van der Waals surface area contributed by atoms with Gasteiger partial charge in [-0.15, -0.1) is 0 Å². The molecule has 102 valence electrons. The maximum absolute atomic E-state index is 12.1. The number of anilines is 1. The van der Waals surface area contributed by atoms with Gasteiger partial charge in [0.05, 0.1) is 0 Å². The fourth-order valence-corrected chi connectivity index (χ4v) is 2.04. The topological polar surface area (TPSA) is 79.0 Å². The van der Waals surface area contributed by atoms with Gasteiger partial charge in [0, 0.05) is 21.9 Å². The summed E-state index contributed by atoms with van der Waals surface area (Å²) >= 11 is 3.36. The smallest absolute Gasteiger partial charge is 0.261 e. The Labute approximate surface area is 123 Å². The van der Waals surface area contributed by atoms with Gasteiger partial charge in [-0.05, 0) is 30.7 Å². The Hall–Kier alpha value is -2.21. The van der Waals surface area contributed by atoms with Gasteiger partial charge in [0.15, 0.2) is 6.29 Å². The fourth-order valence-electron chi connectivity index (χ4n) is 1.67. The molecular weight excluding hydrogens is 324 g/mol. The van der Waals surface area contributed by atoms with E-state index in [0.717, 1.165) is 10.0 Å². The number of aromatic amines is 1. The summed E-state index contributed by atoms with van der Waals surface area (Å²) < 4.78 is 0.853. The molecule has 2 rings (SSSR count). The lowest BCUT2D eigenvalue weighted by Gasteiger charge is -2.09. The zero-order valence-electron chi connectivity index (χ0n) is 10.6. The van der Waals surface area contributed by atoms with Crippen molar-refractivity contribution in [2.75, 3.05) is 5.32 Å². The van der Waals surface area contributed by atoms with E-state index in [-0.39, 0.29) is 11.1 Å². The van der Waals surface area contributed by atoms with Crippen LogP contribution >= 0.6 is 15.9 Å². The number of H-pyrrole nitrogens is 1. The van der Waals surface area contributed by atoms with Gasteiger partial charge >= 0.3 is 0 Å². The maximum atomic E-state index is 12.1. The summed E-state index contributed by atoms with van der Waals surface area (Å²) in [6.07, 6.45) is 1.83. The molecule has 0 unspecified atom stereocenters. The third kappa shape index (κ3) is 2.85. The highest BCUT2D eigenvalue weighted by atomic mass is 79.9. The number of pyridine rings is 1. The molecule has 0 saturated heterocycles. The lowest BCUT2D eigenvalue weighted by Crippen LogP contribution is -2.23. The van der Waals surface area contributed by atoms with Crippen molar-refractivity contribution in [3.05, 3.63) is 62.0 Å². The summed E-state index contributed by atoms with van der Waals surface area (Å²) in [4.78, 5) is 36.8. The van der Waals surface area contributed by atoms with Gasteiger partial charge in [0.1, 0.15) is 5.56 Å². The number of carbonyl (C=O) groups is 2. The van der Waals surface area contributed by atoms with Crippen LogP contribution in [0, 0.1) is 6.92 Å². The SMILES string of the molecule is Cc1c(Br)cccc1NC(=O)c1cc(C=O)c[nH]c1=O. The molecule has 20 heavy (non-hydrogen) atoms. The van der Waals surface area contributed by atoms with E-state index in [1.807, 2.05) is 13.0 Å². The Kier molecular flexibility index (Phi) is 4.14. The van der Waals surface area contributed by atoms with E-state index in [2.05, 4.69) is 26.2 Å². The van der Waals surface area contributed by atoms with Crippen molar-refractivity contribution in [3.63, 3.8) is 0 Å². The molecule has 1 aromatic heterocycles. The van der Waals surface area contributed by atoms with Gasteiger partial charge in [0.2, 0.25) is 0 Å². The summed E-state index contributed by atoms with van der Waals surface area (Å²) in [5, 5.41) is 2.65. The van der Waals surface area contributed by atoms with Crippen LogP contribution in [0.2, 0.25) is 0 Å². The van der Waals surface area contributed by atoms with Crippen molar-refractivity contribution in [3.8, 4) is 0 Å². The molecule has 1 amide bonds. The summed E-state index contributed by atoms with van der Waals surface area (Å²) in [7, 11) is 0. The summed E-state index contributed by atoms with van der Waals surface area (Å²) in [6.45, 7) is 1.84. The molecule has 0 radical (unpaired) electrons. The van der Waals surface area contributed by atoms with E-state index in [1.54, 1.807) is 12.1 Å². The van der Waals surface area contributed by atoms with E-state index < -0.39 is 11.5 Å². The second-order valence-corrected chi connectivity index (χ2v) is 5.01. The molecule has 1 heterocycles. The Morgan fingerprint density at radius 3 is 2.85 bits per heavy atom. The summed E-state index contributed by atoms with van der Waals surface area (Å²) in [5.74, 6) is -0.559. The minimum atomic E-state index is -0.559. The van der Waals surface area contributed by atoms with Gasteiger partial charge in [0.25, 0.3) is 11.5 Å². The van der Waals surface area contributed by atoms with E-state index >= 15 is 0 Å². The maximum Gasteiger partial charge on any atom is 0.261 e. The predicted octanol–water partition coefficient (Wildman–Crippen LogP) is 2.51. The fraction of sp³-hybridized carbons (Fsp3) is 0.0714. The number of hydrogen-bond acceptors (Lipinski definition) is 3. The standard InChI is InChI=1S/C14H11BrN2O3/c1-8-11(15)3-2-4-12(8)17-14(20)10-5-9(7-18)6-16-13(10)19/h2-7H,1H3,(H,16,19)(H,17,20). The number of benzene rings is 1. The first-order chi connectivity index (χ1) is 9.52. The van der Waals surface area contributed by atoms with Gasteiger partial charge < -0.3 is 10.3 Å². The number of hydrogen-bond donors (Lipinski definition) is 2. The number of rotatable bonds is 3. The van der Waals surface area contributed by atoms with Crippen LogP contribution in [0.25, 0.3) is 0 Å². The van der Waals surface area contributed by atoms with Gasteiger partial charge in [-0.25, -0.2) is 0 Å². The second-order valence-electron chi connectivity index (χ2n) is 4.16. The molecule has 5 nitrogen and oxygen atoms in total. The quantitative estimate of drug-likeness (QED) is 0.846. The molecular formula is C14H11BrN2O3. The first-order valence-electron chi connectivity index (χ1n) is 5.77. The van der Waals surface area contributed by atoms with Crippen molar-refractivity contribution in [1.29, 1.82) is 0 Å². The molecule has 0 saturated carbocycles. The molecule has 1 aromatic carbocycles. The number of carbonyl (C=O) groups excluding carboxylic acids is 2. The highest BCUT2D eigenvalue weighted by Gasteiger charge is 2.13. The molecule has 0 bridgehead atoms. The third-order valence-corrected chi connectivity index (χ3v) is 3.68. The predicted molar refractivity (Wildman–Crippen MR) is 79.3 cm³/mol. The highest BCUT2D eigenvalue weighted by Crippen LogP contribution is 2.23. The zero-order valence-corrected chi connectivity index (χ0v) is 12.2. The summed E-state index contributed by atoms with van der Waals surface area (Å²) in [5.41, 5.74) is 1.04. The zero-order chi connectivity index (χ0) is 14.7. The monoisotopic (exact) mass is 334 g/mol. The van der Waals surface area contributed by atoms with Crippen molar-refractivity contribution in [1.82, 2.24) is 4.98 Å². The van der Waals surface area contributed by atoms with Gasteiger partial charge in [-0.2, -0.15) is 0 Å². The van der Waals surface area contributed by atoms with Crippen LogP contribution in [-0.4, -0.2) is 17.2 Å². The number of aldehydes is 1. The Morgan fingerprint density at radius 2 is 2.15 bits per heavy atom. The molecule has 0 aliphatic heterocycles. The number of aromatic nitrogens is 1. The van der Waals surface area contributed by atoms with Crippen molar-refractivity contribution < 1.29 is 9.59 Å².